The summed E-state index contributed by atoms with van der Waals surface area (Å²) in [6.45, 7) is 7.39. The van der Waals surface area contributed by atoms with E-state index in [2.05, 4.69) is 33.3 Å². The van der Waals surface area contributed by atoms with Crippen LogP contribution in [-0.4, -0.2) is 77.9 Å². The average molecular weight is 370 g/mol. The number of rotatable bonds is 5. The third-order valence-electron chi connectivity index (χ3n) is 6.10. The molecule has 1 aliphatic carbocycles. The monoisotopic (exact) mass is 370 g/mol. The number of fused-ring (bicyclic) bond motifs is 1. The molecule has 1 saturated heterocycles. The molecule has 2 heterocycles. The van der Waals surface area contributed by atoms with E-state index >= 15 is 0 Å². The van der Waals surface area contributed by atoms with E-state index in [1.807, 2.05) is 17.9 Å². The highest BCUT2D eigenvalue weighted by Crippen LogP contribution is 2.20. The van der Waals surface area contributed by atoms with Crippen LogP contribution in [0.25, 0.3) is 0 Å². The van der Waals surface area contributed by atoms with Crippen LogP contribution >= 0.6 is 0 Å². The molecule has 4 rings (SSSR count). The number of amides is 2. The maximum absolute atomic E-state index is 12.7. The Balaban J connectivity index is 1.23. The first-order valence-electron chi connectivity index (χ1n) is 10.2. The first-order chi connectivity index (χ1) is 13.1. The van der Waals surface area contributed by atoms with Crippen molar-refractivity contribution in [3.05, 3.63) is 35.4 Å². The summed E-state index contributed by atoms with van der Waals surface area (Å²) in [4.78, 5) is 31.4. The van der Waals surface area contributed by atoms with Crippen molar-refractivity contribution in [2.75, 3.05) is 39.3 Å². The summed E-state index contributed by atoms with van der Waals surface area (Å²) in [5, 5.41) is 3.09. The maximum atomic E-state index is 12.7. The van der Waals surface area contributed by atoms with Gasteiger partial charge in [0.15, 0.2) is 0 Å². The predicted molar refractivity (Wildman–Crippen MR) is 104 cm³/mol. The molecule has 1 N–H and O–H groups in total. The van der Waals surface area contributed by atoms with Crippen molar-refractivity contribution in [1.82, 2.24) is 20.0 Å². The van der Waals surface area contributed by atoms with Crippen molar-refractivity contribution in [3.63, 3.8) is 0 Å². The lowest BCUT2D eigenvalue weighted by Crippen LogP contribution is -2.55. The quantitative estimate of drug-likeness (QED) is 0.835. The Labute approximate surface area is 161 Å². The second kappa shape index (κ2) is 7.98. The van der Waals surface area contributed by atoms with Crippen LogP contribution in [0.3, 0.4) is 0 Å². The predicted octanol–water partition coefficient (Wildman–Crippen LogP) is 0.856. The van der Waals surface area contributed by atoms with E-state index in [1.54, 1.807) is 0 Å². The largest absolute Gasteiger partial charge is 0.352 e. The van der Waals surface area contributed by atoms with E-state index in [0.29, 0.717) is 12.6 Å². The zero-order chi connectivity index (χ0) is 18.8. The van der Waals surface area contributed by atoms with Crippen molar-refractivity contribution in [1.29, 1.82) is 0 Å². The van der Waals surface area contributed by atoms with Crippen LogP contribution in [0.4, 0.5) is 0 Å². The maximum Gasteiger partial charge on any atom is 0.237 e. The summed E-state index contributed by atoms with van der Waals surface area (Å²) >= 11 is 0. The molecule has 0 radical (unpaired) electrons. The molecule has 146 valence electrons. The Bertz CT molecular complexity index is 695. The minimum atomic E-state index is -0.0814. The molecule has 1 saturated carbocycles. The number of carbonyl (C=O) groups excluding carboxylic acids is 2. The number of nitrogens with zero attached hydrogens (tertiary/aromatic N) is 3. The third-order valence-corrected chi connectivity index (χ3v) is 6.10. The van der Waals surface area contributed by atoms with Gasteiger partial charge >= 0.3 is 0 Å². The number of hydrogen-bond acceptors (Lipinski definition) is 4. The van der Waals surface area contributed by atoms with E-state index in [1.165, 1.54) is 11.1 Å². The van der Waals surface area contributed by atoms with Crippen molar-refractivity contribution in [3.8, 4) is 0 Å². The Hall–Kier alpha value is -1.92. The van der Waals surface area contributed by atoms with E-state index in [9.17, 15) is 9.59 Å². The van der Waals surface area contributed by atoms with E-state index in [4.69, 9.17) is 0 Å². The molecule has 0 spiro atoms. The summed E-state index contributed by atoms with van der Waals surface area (Å²) in [5.74, 6) is 0.367. The lowest BCUT2D eigenvalue weighted by molar-refractivity contribution is -0.134. The normalized spacial score (nSPS) is 22.2. The molecule has 3 aliphatic rings. The van der Waals surface area contributed by atoms with Crippen LogP contribution < -0.4 is 5.32 Å². The lowest BCUT2D eigenvalue weighted by Gasteiger charge is -2.38. The van der Waals surface area contributed by atoms with Gasteiger partial charge in [0.05, 0.1) is 12.6 Å². The van der Waals surface area contributed by atoms with Gasteiger partial charge in [-0.3, -0.25) is 19.4 Å². The number of benzene rings is 1. The average Bonchev–Trinajstić information content (AvgIpc) is 3.51. The number of carbonyl (C=O) groups is 2. The van der Waals surface area contributed by atoms with Crippen molar-refractivity contribution < 1.29 is 9.59 Å². The molecule has 2 amide bonds. The van der Waals surface area contributed by atoms with Crippen molar-refractivity contribution in [2.24, 2.45) is 0 Å². The highest BCUT2D eigenvalue weighted by molar-refractivity contribution is 5.82. The standard InChI is InChI=1S/C21H30N4O2/c1-16(21(27)22-19-6-7-19)24-12-10-23(11-13-24)15-20(26)25-9-8-17-4-2-3-5-18(17)14-25/h2-5,16,19H,6-15H2,1H3,(H,22,27)/t16-/m1/s1. The summed E-state index contributed by atoms with van der Waals surface area (Å²) in [6.07, 6.45) is 3.19. The van der Waals surface area contributed by atoms with Gasteiger partial charge in [0.2, 0.25) is 11.8 Å². The van der Waals surface area contributed by atoms with Gasteiger partial charge in [-0.25, -0.2) is 0 Å². The first-order valence-corrected chi connectivity index (χ1v) is 10.2. The van der Waals surface area contributed by atoms with Crippen LogP contribution in [0.5, 0.6) is 0 Å². The fourth-order valence-electron chi connectivity index (χ4n) is 4.02. The van der Waals surface area contributed by atoms with E-state index in [-0.39, 0.29) is 17.9 Å². The molecular weight excluding hydrogens is 340 g/mol. The lowest BCUT2D eigenvalue weighted by atomic mass is 10.00. The molecule has 1 aromatic rings. The minimum Gasteiger partial charge on any atom is -0.352 e. The molecule has 2 aliphatic heterocycles. The first kappa shape index (κ1) is 18.4. The number of hydrogen-bond donors (Lipinski definition) is 1. The Morgan fingerprint density at radius 1 is 1.07 bits per heavy atom. The SMILES string of the molecule is C[C@H](C(=O)NC1CC1)N1CCN(CC(=O)N2CCc3ccccc3C2)CC1. The van der Waals surface area contributed by atoms with Gasteiger partial charge in [0.25, 0.3) is 0 Å². The van der Waals surface area contributed by atoms with Gasteiger partial charge in [-0.05, 0) is 37.3 Å². The zero-order valence-corrected chi connectivity index (χ0v) is 16.2. The third kappa shape index (κ3) is 4.50. The molecule has 1 atom stereocenters. The van der Waals surface area contributed by atoms with Crippen LogP contribution in [0.2, 0.25) is 0 Å². The molecule has 27 heavy (non-hydrogen) atoms. The number of piperazine rings is 1. The zero-order valence-electron chi connectivity index (χ0n) is 16.2. The molecule has 0 unspecified atom stereocenters. The molecule has 0 aromatic heterocycles. The van der Waals surface area contributed by atoms with Crippen LogP contribution in [-0.2, 0) is 22.6 Å². The number of nitrogens with one attached hydrogen (secondary N) is 1. The minimum absolute atomic E-state index is 0.0814. The Morgan fingerprint density at radius 3 is 2.48 bits per heavy atom. The molecule has 1 aromatic carbocycles. The van der Waals surface area contributed by atoms with Gasteiger partial charge in [0, 0.05) is 45.3 Å². The van der Waals surface area contributed by atoms with Crippen molar-refractivity contribution in [2.45, 2.75) is 44.8 Å². The fourth-order valence-corrected chi connectivity index (χ4v) is 4.02. The summed E-state index contributed by atoms with van der Waals surface area (Å²) in [7, 11) is 0. The van der Waals surface area contributed by atoms with Crippen LogP contribution in [0, 0.1) is 0 Å². The van der Waals surface area contributed by atoms with Gasteiger partial charge in [-0.15, -0.1) is 0 Å². The fraction of sp³-hybridized carbons (Fsp3) is 0.619. The molecule has 2 fully saturated rings. The second-order valence-corrected chi connectivity index (χ2v) is 8.10. The van der Waals surface area contributed by atoms with E-state index < -0.39 is 0 Å². The van der Waals surface area contributed by atoms with Gasteiger partial charge in [-0.2, -0.15) is 0 Å². The molecule has 0 bridgehead atoms. The Kier molecular flexibility index (Phi) is 5.45. The van der Waals surface area contributed by atoms with Gasteiger partial charge in [-0.1, -0.05) is 24.3 Å². The highest BCUT2D eigenvalue weighted by Gasteiger charge is 2.31. The Morgan fingerprint density at radius 2 is 1.78 bits per heavy atom. The van der Waals surface area contributed by atoms with Gasteiger partial charge < -0.3 is 10.2 Å². The summed E-state index contributed by atoms with van der Waals surface area (Å²) < 4.78 is 0. The van der Waals surface area contributed by atoms with Crippen molar-refractivity contribution >= 4 is 11.8 Å². The van der Waals surface area contributed by atoms with Gasteiger partial charge in [0.1, 0.15) is 0 Å². The second-order valence-electron chi connectivity index (χ2n) is 8.10. The molecule has 6 nitrogen and oxygen atoms in total. The molecular formula is C21H30N4O2. The summed E-state index contributed by atoms with van der Waals surface area (Å²) in [6, 6.07) is 8.74. The highest BCUT2D eigenvalue weighted by atomic mass is 16.2. The smallest absolute Gasteiger partial charge is 0.237 e. The topological polar surface area (TPSA) is 55.9 Å². The van der Waals surface area contributed by atoms with E-state index in [0.717, 1.165) is 58.5 Å². The van der Waals surface area contributed by atoms with Crippen LogP contribution in [0.1, 0.15) is 30.9 Å². The van der Waals surface area contributed by atoms with Crippen LogP contribution in [0.15, 0.2) is 24.3 Å². The summed E-state index contributed by atoms with van der Waals surface area (Å²) in [5.41, 5.74) is 2.64. The molecule has 6 heteroatoms.